The Kier molecular flexibility index (Phi) is 8.09. The van der Waals surface area contributed by atoms with Gasteiger partial charge in [0.2, 0.25) is 0 Å². The van der Waals surface area contributed by atoms with E-state index >= 15 is 0 Å². The van der Waals surface area contributed by atoms with Gasteiger partial charge in [0.1, 0.15) is 5.75 Å². The van der Waals surface area contributed by atoms with Crippen LogP contribution in [-0.2, 0) is 6.54 Å². The van der Waals surface area contributed by atoms with Gasteiger partial charge in [0.25, 0.3) is 5.91 Å². The predicted molar refractivity (Wildman–Crippen MR) is 143 cm³/mol. The van der Waals surface area contributed by atoms with Crippen LogP contribution in [0.1, 0.15) is 15.9 Å². The molecule has 2 N–H and O–H groups in total. The fraction of sp³-hybridized carbons (Fsp3) is 0.231. The van der Waals surface area contributed by atoms with E-state index in [0.29, 0.717) is 25.2 Å². The van der Waals surface area contributed by atoms with Crippen LogP contribution >= 0.6 is 22.6 Å². The Morgan fingerprint density at radius 2 is 1.71 bits per heavy atom. The van der Waals surface area contributed by atoms with Crippen LogP contribution in [0.4, 0.5) is 16.2 Å². The lowest BCUT2D eigenvalue weighted by atomic mass is 10.1. The zero-order chi connectivity index (χ0) is 24.8. The largest absolute Gasteiger partial charge is 0.497 e. The van der Waals surface area contributed by atoms with Crippen LogP contribution < -0.4 is 20.0 Å². The zero-order valence-electron chi connectivity index (χ0n) is 19.4. The monoisotopic (exact) mass is 586 g/mol. The SMILES string of the molecule is COc1cccc(N2CCN(C(=O)N(Cc3ccc(C(=O)NO)cc3)c3cccc(I)c3)CC2)c1. The summed E-state index contributed by atoms with van der Waals surface area (Å²) in [5, 5.41) is 8.84. The molecule has 9 heteroatoms. The summed E-state index contributed by atoms with van der Waals surface area (Å²) in [6, 6.07) is 22.6. The standard InChI is InChI=1S/C26H27IN4O4/c1-35-24-7-3-5-22(17-24)29-12-14-30(15-13-29)26(33)31(23-6-2-4-21(27)16-23)18-19-8-10-20(11-9-19)25(32)28-34/h2-11,16-17,34H,12-15,18H2,1H3,(H,28,32). The average molecular weight is 586 g/mol. The molecule has 3 aromatic carbocycles. The summed E-state index contributed by atoms with van der Waals surface area (Å²) in [6.07, 6.45) is 0. The maximum atomic E-state index is 13.7. The van der Waals surface area contributed by atoms with Gasteiger partial charge in [-0.3, -0.25) is 14.9 Å². The van der Waals surface area contributed by atoms with Crippen LogP contribution in [0.3, 0.4) is 0 Å². The number of hydrogen-bond donors (Lipinski definition) is 2. The summed E-state index contributed by atoms with van der Waals surface area (Å²) in [6.45, 7) is 3.02. The van der Waals surface area contributed by atoms with Crippen LogP contribution in [0.5, 0.6) is 5.75 Å². The summed E-state index contributed by atoms with van der Waals surface area (Å²) in [7, 11) is 1.66. The molecule has 1 heterocycles. The van der Waals surface area contributed by atoms with Crippen LogP contribution in [-0.4, -0.2) is 55.3 Å². The predicted octanol–water partition coefficient (Wildman–Crippen LogP) is 4.37. The highest BCUT2D eigenvalue weighted by Crippen LogP contribution is 2.25. The lowest BCUT2D eigenvalue weighted by Gasteiger charge is -2.38. The summed E-state index contributed by atoms with van der Waals surface area (Å²) in [4.78, 5) is 31.2. The Morgan fingerprint density at radius 3 is 2.37 bits per heavy atom. The third-order valence-electron chi connectivity index (χ3n) is 5.98. The molecule has 3 amide bonds. The highest BCUT2D eigenvalue weighted by atomic mass is 127. The van der Waals surface area contributed by atoms with Crippen molar-refractivity contribution in [1.29, 1.82) is 0 Å². The molecule has 0 saturated carbocycles. The summed E-state index contributed by atoms with van der Waals surface area (Å²) < 4.78 is 6.38. The molecule has 0 radical (unpaired) electrons. The van der Waals surface area contributed by atoms with E-state index in [1.54, 1.807) is 41.8 Å². The average Bonchev–Trinajstić information content (AvgIpc) is 2.91. The van der Waals surface area contributed by atoms with Gasteiger partial charge >= 0.3 is 6.03 Å². The number of hydroxylamine groups is 1. The van der Waals surface area contributed by atoms with Gasteiger partial charge in [-0.05, 0) is 70.6 Å². The second kappa shape index (κ2) is 11.4. The van der Waals surface area contributed by atoms with E-state index in [9.17, 15) is 9.59 Å². The molecule has 0 atom stereocenters. The van der Waals surface area contributed by atoms with Gasteiger partial charge in [0.05, 0.1) is 13.7 Å². The molecule has 1 aliphatic heterocycles. The number of piperazine rings is 1. The molecule has 35 heavy (non-hydrogen) atoms. The lowest BCUT2D eigenvalue weighted by molar-refractivity contribution is 0.0706. The summed E-state index contributed by atoms with van der Waals surface area (Å²) in [5.74, 6) is 0.240. The molecular formula is C26H27IN4O4. The zero-order valence-corrected chi connectivity index (χ0v) is 21.5. The fourth-order valence-electron chi connectivity index (χ4n) is 4.06. The molecule has 8 nitrogen and oxygen atoms in total. The van der Waals surface area contributed by atoms with Gasteiger partial charge < -0.3 is 14.5 Å². The topological polar surface area (TPSA) is 85.4 Å². The molecule has 0 spiro atoms. The lowest BCUT2D eigenvalue weighted by Crippen LogP contribution is -2.53. The molecule has 1 fully saturated rings. The number of amides is 3. The number of urea groups is 1. The Labute approximate surface area is 218 Å². The molecule has 0 aromatic heterocycles. The minimum absolute atomic E-state index is 0.0607. The second-order valence-electron chi connectivity index (χ2n) is 8.16. The van der Waals surface area contributed by atoms with Crippen molar-refractivity contribution in [3.05, 3.63) is 87.5 Å². The second-order valence-corrected chi connectivity index (χ2v) is 9.41. The first-order chi connectivity index (χ1) is 17.0. The van der Waals surface area contributed by atoms with Crippen molar-refractivity contribution in [2.75, 3.05) is 43.1 Å². The molecule has 4 rings (SSSR count). The first kappa shape index (κ1) is 24.8. The maximum absolute atomic E-state index is 13.7. The number of nitrogens with one attached hydrogen (secondary N) is 1. The van der Waals surface area contributed by atoms with E-state index in [-0.39, 0.29) is 6.03 Å². The first-order valence-corrected chi connectivity index (χ1v) is 12.3. The Bertz CT molecular complexity index is 1180. The van der Waals surface area contributed by atoms with Crippen LogP contribution in [0.25, 0.3) is 0 Å². The van der Waals surface area contributed by atoms with Crippen LogP contribution in [0, 0.1) is 3.57 Å². The van der Waals surface area contributed by atoms with E-state index in [2.05, 4.69) is 33.6 Å². The van der Waals surface area contributed by atoms with Crippen molar-refractivity contribution in [1.82, 2.24) is 10.4 Å². The first-order valence-electron chi connectivity index (χ1n) is 11.2. The minimum Gasteiger partial charge on any atom is -0.497 e. The Balaban J connectivity index is 1.50. The van der Waals surface area contributed by atoms with Crippen molar-refractivity contribution < 1.29 is 19.5 Å². The van der Waals surface area contributed by atoms with E-state index in [4.69, 9.17) is 9.94 Å². The third-order valence-corrected chi connectivity index (χ3v) is 6.65. The van der Waals surface area contributed by atoms with Crippen molar-refractivity contribution in [2.45, 2.75) is 6.54 Å². The highest BCUT2D eigenvalue weighted by molar-refractivity contribution is 14.1. The van der Waals surface area contributed by atoms with E-state index in [0.717, 1.165) is 39.3 Å². The highest BCUT2D eigenvalue weighted by Gasteiger charge is 2.27. The number of rotatable bonds is 6. The molecular weight excluding hydrogens is 559 g/mol. The van der Waals surface area contributed by atoms with Crippen molar-refractivity contribution >= 4 is 45.9 Å². The smallest absolute Gasteiger partial charge is 0.324 e. The molecule has 3 aromatic rings. The fourth-order valence-corrected chi connectivity index (χ4v) is 4.58. The molecule has 0 unspecified atom stereocenters. The van der Waals surface area contributed by atoms with Gasteiger partial charge in [-0.15, -0.1) is 0 Å². The van der Waals surface area contributed by atoms with Gasteiger partial charge in [0.15, 0.2) is 0 Å². The molecule has 1 saturated heterocycles. The van der Waals surface area contributed by atoms with Crippen LogP contribution in [0.2, 0.25) is 0 Å². The maximum Gasteiger partial charge on any atom is 0.324 e. The van der Waals surface area contributed by atoms with Gasteiger partial charge in [-0.2, -0.15) is 0 Å². The Morgan fingerprint density at radius 1 is 1.00 bits per heavy atom. The number of benzene rings is 3. The van der Waals surface area contributed by atoms with Crippen molar-refractivity contribution in [2.24, 2.45) is 0 Å². The van der Waals surface area contributed by atoms with Crippen molar-refractivity contribution in [3.63, 3.8) is 0 Å². The molecule has 182 valence electrons. The summed E-state index contributed by atoms with van der Waals surface area (Å²) in [5.41, 5.74) is 4.75. The minimum atomic E-state index is -0.573. The molecule has 0 aliphatic carbocycles. The quantitative estimate of drug-likeness (QED) is 0.255. The number of hydrogen-bond acceptors (Lipinski definition) is 5. The van der Waals surface area contributed by atoms with Crippen molar-refractivity contribution in [3.8, 4) is 5.75 Å². The van der Waals surface area contributed by atoms with E-state index in [1.165, 1.54) is 0 Å². The van der Waals surface area contributed by atoms with Crippen LogP contribution in [0.15, 0.2) is 72.8 Å². The molecule has 1 aliphatic rings. The van der Waals surface area contributed by atoms with E-state index in [1.807, 2.05) is 47.4 Å². The summed E-state index contributed by atoms with van der Waals surface area (Å²) >= 11 is 2.24. The number of carbonyl (C=O) groups is 2. The number of nitrogens with zero attached hydrogens (tertiary/aromatic N) is 3. The number of ether oxygens (including phenoxy) is 1. The number of methoxy groups -OCH3 is 1. The molecule has 0 bridgehead atoms. The van der Waals surface area contributed by atoms with Gasteiger partial charge in [-0.1, -0.05) is 24.3 Å². The van der Waals surface area contributed by atoms with Gasteiger partial charge in [0, 0.05) is 52.8 Å². The number of carbonyl (C=O) groups excluding carboxylic acids is 2. The van der Waals surface area contributed by atoms with E-state index < -0.39 is 5.91 Å². The Hall–Kier alpha value is -3.31. The number of anilines is 2. The normalized spacial score (nSPS) is 13.3. The third kappa shape index (κ3) is 6.04. The number of halogens is 1. The van der Waals surface area contributed by atoms with Gasteiger partial charge in [-0.25, -0.2) is 10.3 Å².